The van der Waals surface area contributed by atoms with Gasteiger partial charge < -0.3 is 0 Å². The number of pyridine rings is 1. The van der Waals surface area contributed by atoms with Gasteiger partial charge in [0.1, 0.15) is 0 Å². The Morgan fingerprint density at radius 3 is 2.74 bits per heavy atom. The maximum Gasteiger partial charge on any atom is 0.198 e. The molecule has 0 aliphatic carbocycles. The lowest BCUT2D eigenvalue weighted by atomic mass is 10.2. The van der Waals surface area contributed by atoms with Crippen LogP contribution in [0.1, 0.15) is 13.3 Å². The first kappa shape index (κ1) is 14.8. The lowest BCUT2D eigenvalue weighted by Crippen LogP contribution is -2.20. The SMILES string of the molecule is CC(CCCl)S(=O)(=O)c1nccc2c(Br)cccc12. The van der Waals surface area contributed by atoms with Crippen LogP contribution in [-0.4, -0.2) is 24.5 Å². The number of hydrogen-bond acceptors (Lipinski definition) is 3. The molecule has 2 rings (SSSR count). The largest absolute Gasteiger partial charge is 0.244 e. The molecule has 1 heterocycles. The number of sulfone groups is 1. The Kier molecular flexibility index (Phi) is 4.48. The summed E-state index contributed by atoms with van der Waals surface area (Å²) in [6.45, 7) is 1.66. The smallest absolute Gasteiger partial charge is 0.198 e. The van der Waals surface area contributed by atoms with Crippen molar-refractivity contribution < 1.29 is 8.42 Å². The zero-order valence-corrected chi connectivity index (χ0v) is 13.5. The van der Waals surface area contributed by atoms with E-state index in [9.17, 15) is 8.42 Å². The zero-order chi connectivity index (χ0) is 14.0. The number of fused-ring (bicyclic) bond motifs is 1. The maximum atomic E-state index is 12.5. The molecule has 6 heteroatoms. The van der Waals surface area contributed by atoms with E-state index in [1.165, 1.54) is 6.20 Å². The van der Waals surface area contributed by atoms with Gasteiger partial charge in [-0.3, -0.25) is 0 Å². The molecular weight excluding hydrogens is 350 g/mol. The van der Waals surface area contributed by atoms with E-state index in [1.54, 1.807) is 25.1 Å². The Balaban J connectivity index is 2.67. The van der Waals surface area contributed by atoms with Crippen LogP contribution in [0.4, 0.5) is 0 Å². The third-order valence-electron chi connectivity index (χ3n) is 3.03. The van der Waals surface area contributed by atoms with Crippen molar-refractivity contribution in [3.63, 3.8) is 0 Å². The fraction of sp³-hybridized carbons (Fsp3) is 0.308. The van der Waals surface area contributed by atoms with Crippen LogP contribution in [0, 0.1) is 0 Å². The fourth-order valence-corrected chi connectivity index (χ4v) is 4.32. The van der Waals surface area contributed by atoms with E-state index >= 15 is 0 Å². The predicted octanol–water partition coefficient (Wildman–Crippen LogP) is 3.79. The number of rotatable bonds is 4. The van der Waals surface area contributed by atoms with Crippen LogP contribution in [0.5, 0.6) is 0 Å². The molecule has 1 aromatic heterocycles. The van der Waals surface area contributed by atoms with Gasteiger partial charge >= 0.3 is 0 Å². The normalized spacial score (nSPS) is 13.6. The minimum absolute atomic E-state index is 0.129. The second-order valence-electron chi connectivity index (χ2n) is 4.28. The van der Waals surface area contributed by atoms with Crippen molar-refractivity contribution in [2.24, 2.45) is 0 Å². The number of benzene rings is 1. The summed E-state index contributed by atoms with van der Waals surface area (Å²) in [4.78, 5) is 4.07. The average molecular weight is 363 g/mol. The molecule has 2 aromatic rings. The Morgan fingerprint density at radius 2 is 2.05 bits per heavy atom. The molecule has 1 aromatic carbocycles. The topological polar surface area (TPSA) is 47.0 Å². The molecule has 3 nitrogen and oxygen atoms in total. The monoisotopic (exact) mass is 361 g/mol. The van der Waals surface area contributed by atoms with Crippen molar-refractivity contribution in [3.05, 3.63) is 34.9 Å². The van der Waals surface area contributed by atoms with Crippen molar-refractivity contribution in [1.82, 2.24) is 4.98 Å². The first-order chi connectivity index (χ1) is 8.98. The summed E-state index contributed by atoms with van der Waals surface area (Å²) in [6, 6.07) is 7.25. The Hall–Kier alpha value is -0.650. The van der Waals surface area contributed by atoms with Gasteiger partial charge in [0.25, 0.3) is 0 Å². The van der Waals surface area contributed by atoms with E-state index in [-0.39, 0.29) is 5.03 Å². The van der Waals surface area contributed by atoms with Crippen LogP contribution < -0.4 is 0 Å². The van der Waals surface area contributed by atoms with Crippen LogP contribution in [-0.2, 0) is 9.84 Å². The Morgan fingerprint density at radius 1 is 1.32 bits per heavy atom. The molecule has 1 unspecified atom stereocenters. The number of nitrogens with zero attached hydrogens (tertiary/aromatic N) is 1. The molecule has 0 N–H and O–H groups in total. The van der Waals surface area contributed by atoms with Crippen molar-refractivity contribution in [1.29, 1.82) is 0 Å². The molecule has 0 saturated carbocycles. The van der Waals surface area contributed by atoms with E-state index < -0.39 is 15.1 Å². The first-order valence-electron chi connectivity index (χ1n) is 5.81. The minimum Gasteiger partial charge on any atom is -0.244 e. The van der Waals surface area contributed by atoms with Gasteiger partial charge in [-0.1, -0.05) is 28.1 Å². The van der Waals surface area contributed by atoms with Crippen LogP contribution >= 0.6 is 27.5 Å². The highest BCUT2D eigenvalue weighted by Gasteiger charge is 2.26. The van der Waals surface area contributed by atoms with Crippen molar-refractivity contribution in [2.75, 3.05) is 5.88 Å². The van der Waals surface area contributed by atoms with Gasteiger partial charge in [-0.05, 0) is 25.5 Å². The van der Waals surface area contributed by atoms with Crippen LogP contribution in [0.15, 0.2) is 40.0 Å². The third-order valence-corrected chi connectivity index (χ3v) is 6.10. The summed E-state index contributed by atoms with van der Waals surface area (Å²) in [5.74, 6) is 0.314. The fourth-order valence-electron chi connectivity index (χ4n) is 1.87. The van der Waals surface area contributed by atoms with Gasteiger partial charge in [-0.2, -0.15) is 0 Å². The molecule has 1 atom stereocenters. The highest BCUT2D eigenvalue weighted by Crippen LogP contribution is 2.29. The second-order valence-corrected chi connectivity index (χ2v) is 7.80. The highest BCUT2D eigenvalue weighted by atomic mass is 79.9. The molecule has 0 amide bonds. The third kappa shape index (κ3) is 2.78. The van der Waals surface area contributed by atoms with E-state index in [4.69, 9.17) is 11.6 Å². The number of aromatic nitrogens is 1. The zero-order valence-electron chi connectivity index (χ0n) is 10.3. The van der Waals surface area contributed by atoms with Gasteiger partial charge in [-0.15, -0.1) is 11.6 Å². The van der Waals surface area contributed by atoms with Crippen LogP contribution in [0.2, 0.25) is 0 Å². The molecule has 0 saturated heterocycles. The minimum atomic E-state index is -3.46. The van der Waals surface area contributed by atoms with Gasteiger partial charge in [0.15, 0.2) is 14.9 Å². The summed E-state index contributed by atoms with van der Waals surface area (Å²) < 4.78 is 25.9. The molecular formula is C13H13BrClNO2S. The molecule has 19 heavy (non-hydrogen) atoms. The van der Waals surface area contributed by atoms with E-state index in [0.29, 0.717) is 17.7 Å². The van der Waals surface area contributed by atoms with Gasteiger partial charge in [0.2, 0.25) is 0 Å². The van der Waals surface area contributed by atoms with Crippen LogP contribution in [0.25, 0.3) is 10.8 Å². The molecule has 0 aliphatic heterocycles. The summed E-state index contributed by atoms with van der Waals surface area (Å²) >= 11 is 9.06. The molecule has 0 fully saturated rings. The van der Waals surface area contributed by atoms with Crippen LogP contribution in [0.3, 0.4) is 0 Å². The molecule has 0 spiro atoms. The van der Waals surface area contributed by atoms with Crippen molar-refractivity contribution >= 4 is 48.1 Å². The first-order valence-corrected chi connectivity index (χ1v) is 8.69. The summed E-state index contributed by atoms with van der Waals surface area (Å²) in [6.07, 6.45) is 1.93. The van der Waals surface area contributed by atoms with Crippen molar-refractivity contribution in [2.45, 2.75) is 23.6 Å². The standard InChI is InChI=1S/C13H13BrClNO2S/c1-9(5-7-15)19(17,18)13-11-3-2-4-12(14)10(11)6-8-16-13/h2-4,6,8-9H,5,7H2,1H3. The second kappa shape index (κ2) is 5.77. The number of alkyl halides is 1. The lowest BCUT2D eigenvalue weighted by Gasteiger charge is -2.13. The number of hydrogen-bond donors (Lipinski definition) is 0. The molecule has 0 radical (unpaired) electrons. The average Bonchev–Trinajstić information content (AvgIpc) is 2.39. The van der Waals surface area contributed by atoms with Gasteiger partial charge in [0.05, 0.1) is 5.25 Å². The Bertz CT molecular complexity index is 703. The molecule has 102 valence electrons. The van der Waals surface area contributed by atoms with Gasteiger partial charge in [0, 0.05) is 27.3 Å². The predicted molar refractivity (Wildman–Crippen MR) is 81.4 cm³/mol. The maximum absolute atomic E-state index is 12.5. The van der Waals surface area contributed by atoms with Gasteiger partial charge in [-0.25, -0.2) is 13.4 Å². The summed E-state index contributed by atoms with van der Waals surface area (Å²) in [5.41, 5.74) is 0. The lowest BCUT2D eigenvalue weighted by molar-refractivity contribution is 0.579. The highest BCUT2D eigenvalue weighted by molar-refractivity contribution is 9.10. The molecule has 0 bridgehead atoms. The van der Waals surface area contributed by atoms with E-state index in [2.05, 4.69) is 20.9 Å². The summed E-state index contributed by atoms with van der Waals surface area (Å²) in [5, 5.41) is 1.07. The number of halogens is 2. The Labute approximate surface area is 126 Å². The summed E-state index contributed by atoms with van der Waals surface area (Å²) in [7, 11) is -3.46. The van der Waals surface area contributed by atoms with E-state index in [1.807, 2.05) is 6.07 Å². The van der Waals surface area contributed by atoms with Crippen molar-refractivity contribution in [3.8, 4) is 0 Å². The quantitative estimate of drug-likeness (QED) is 0.777. The molecule has 0 aliphatic rings. The van der Waals surface area contributed by atoms with E-state index in [0.717, 1.165) is 9.86 Å².